The molecule has 0 radical (unpaired) electrons. The van der Waals surface area contributed by atoms with E-state index in [1.165, 1.54) is 16.9 Å². The second-order valence-electron chi connectivity index (χ2n) is 5.94. The minimum Gasteiger partial charge on any atom is -0.397 e. The molecule has 0 saturated heterocycles. The number of thiophene rings is 1. The number of amides is 1. The molecule has 4 nitrogen and oxygen atoms in total. The van der Waals surface area contributed by atoms with Gasteiger partial charge in [0.15, 0.2) is 0 Å². The largest absolute Gasteiger partial charge is 0.397 e. The van der Waals surface area contributed by atoms with Gasteiger partial charge in [0.1, 0.15) is 9.71 Å². The first-order chi connectivity index (χ1) is 11.1. The normalized spacial score (nSPS) is 13.6. The Morgan fingerprint density at radius 1 is 1.30 bits per heavy atom. The van der Waals surface area contributed by atoms with Crippen molar-refractivity contribution in [1.29, 1.82) is 0 Å². The number of nitrogens with two attached hydrogens (primary N) is 1. The molecule has 3 heterocycles. The minimum atomic E-state index is -0.0208. The lowest BCUT2D eigenvalue weighted by Crippen LogP contribution is -2.28. The molecule has 4 rings (SSSR count). The number of carbonyl (C=O) groups is 1. The summed E-state index contributed by atoms with van der Waals surface area (Å²) < 4.78 is 0. The van der Waals surface area contributed by atoms with E-state index >= 15 is 0 Å². The molecule has 0 atom stereocenters. The summed E-state index contributed by atoms with van der Waals surface area (Å²) in [7, 11) is 0. The van der Waals surface area contributed by atoms with Gasteiger partial charge in [0.05, 0.1) is 5.69 Å². The second kappa shape index (κ2) is 5.06. The van der Waals surface area contributed by atoms with E-state index < -0.39 is 0 Å². The van der Waals surface area contributed by atoms with Crippen molar-refractivity contribution in [3.8, 4) is 0 Å². The predicted molar refractivity (Wildman–Crippen MR) is 95.3 cm³/mol. The number of aromatic nitrogens is 1. The second-order valence-corrected chi connectivity index (χ2v) is 6.94. The average Bonchev–Trinajstić information content (AvgIpc) is 3.08. The van der Waals surface area contributed by atoms with Crippen LogP contribution in [0.1, 0.15) is 26.5 Å². The highest BCUT2D eigenvalue weighted by Gasteiger charge is 2.28. The topological polar surface area (TPSA) is 59.2 Å². The van der Waals surface area contributed by atoms with Crippen molar-refractivity contribution in [2.75, 3.05) is 17.2 Å². The molecule has 23 heavy (non-hydrogen) atoms. The van der Waals surface area contributed by atoms with Crippen molar-refractivity contribution in [2.45, 2.75) is 20.3 Å². The molecular formula is C18H17N3OS. The van der Waals surface area contributed by atoms with Gasteiger partial charge in [-0.25, -0.2) is 4.98 Å². The summed E-state index contributed by atoms with van der Waals surface area (Å²) in [5.74, 6) is -0.0208. The fraction of sp³-hybridized carbons (Fsp3) is 0.222. The zero-order valence-corrected chi connectivity index (χ0v) is 13.9. The molecule has 0 bridgehead atoms. The van der Waals surface area contributed by atoms with E-state index in [1.807, 2.05) is 43.0 Å². The third-order valence-electron chi connectivity index (χ3n) is 4.35. The lowest BCUT2D eigenvalue weighted by molar-refractivity contribution is 0.0994. The van der Waals surface area contributed by atoms with Crippen molar-refractivity contribution < 1.29 is 4.79 Å². The molecular weight excluding hydrogens is 306 g/mol. The van der Waals surface area contributed by atoms with Gasteiger partial charge in [-0.2, -0.15) is 0 Å². The quantitative estimate of drug-likeness (QED) is 0.743. The minimum absolute atomic E-state index is 0.0208. The van der Waals surface area contributed by atoms with Crippen LogP contribution in [0.15, 0.2) is 30.3 Å². The first-order valence-electron chi connectivity index (χ1n) is 7.62. The summed E-state index contributed by atoms with van der Waals surface area (Å²) in [5, 5.41) is 0.913. The predicted octanol–water partition coefficient (Wildman–Crippen LogP) is 3.70. The van der Waals surface area contributed by atoms with Crippen LogP contribution in [0.2, 0.25) is 0 Å². The number of aryl methyl sites for hydroxylation is 2. The van der Waals surface area contributed by atoms with Crippen LogP contribution in [0.4, 0.5) is 11.4 Å². The Morgan fingerprint density at radius 3 is 2.91 bits per heavy atom. The molecule has 1 aliphatic heterocycles. The SMILES string of the molecule is Cc1cc(C)c2c(N)c(C(=O)N3CCc4ccccc43)sc2n1. The van der Waals surface area contributed by atoms with E-state index in [1.54, 1.807) is 0 Å². The third-order valence-corrected chi connectivity index (χ3v) is 5.44. The average molecular weight is 323 g/mol. The van der Waals surface area contributed by atoms with Crippen LogP contribution in [0.25, 0.3) is 10.2 Å². The summed E-state index contributed by atoms with van der Waals surface area (Å²) in [6, 6.07) is 10.1. The Labute approximate surface area is 138 Å². The number of carbonyl (C=O) groups excluding carboxylic acids is 1. The van der Waals surface area contributed by atoms with Crippen molar-refractivity contribution >= 4 is 38.8 Å². The Morgan fingerprint density at radius 2 is 2.09 bits per heavy atom. The van der Waals surface area contributed by atoms with Gasteiger partial charge in [0.25, 0.3) is 5.91 Å². The molecule has 0 fully saturated rings. The van der Waals surface area contributed by atoms with Gasteiger partial charge in [-0.3, -0.25) is 4.79 Å². The van der Waals surface area contributed by atoms with Crippen molar-refractivity contribution in [3.63, 3.8) is 0 Å². The summed E-state index contributed by atoms with van der Waals surface area (Å²) in [4.78, 5) is 20.8. The number of pyridine rings is 1. The van der Waals surface area contributed by atoms with E-state index in [0.717, 1.165) is 33.6 Å². The maximum atomic E-state index is 13.0. The molecule has 0 saturated carbocycles. The number of rotatable bonds is 1. The zero-order valence-electron chi connectivity index (χ0n) is 13.1. The van der Waals surface area contributed by atoms with E-state index in [2.05, 4.69) is 11.1 Å². The van der Waals surface area contributed by atoms with Crippen LogP contribution in [0, 0.1) is 13.8 Å². The third kappa shape index (κ3) is 2.11. The van der Waals surface area contributed by atoms with Crippen LogP contribution in [-0.4, -0.2) is 17.4 Å². The van der Waals surface area contributed by atoms with Gasteiger partial charge in [-0.1, -0.05) is 18.2 Å². The molecule has 5 heteroatoms. The highest BCUT2D eigenvalue weighted by Crippen LogP contribution is 2.38. The van der Waals surface area contributed by atoms with Crippen LogP contribution in [0.3, 0.4) is 0 Å². The molecule has 1 aliphatic rings. The number of nitrogen functional groups attached to an aromatic ring is 1. The molecule has 0 spiro atoms. The van der Waals surface area contributed by atoms with Crippen molar-refractivity contribution in [3.05, 3.63) is 52.0 Å². The number of para-hydroxylation sites is 1. The van der Waals surface area contributed by atoms with Crippen LogP contribution >= 0.6 is 11.3 Å². The van der Waals surface area contributed by atoms with Gasteiger partial charge < -0.3 is 10.6 Å². The monoisotopic (exact) mass is 323 g/mol. The summed E-state index contributed by atoms with van der Waals surface area (Å²) in [5.41, 5.74) is 11.1. The van der Waals surface area contributed by atoms with Crippen molar-refractivity contribution in [2.24, 2.45) is 0 Å². The standard InChI is InChI=1S/C18H17N3OS/c1-10-9-11(2)20-17-14(10)15(19)16(23-17)18(22)21-8-7-12-5-3-4-6-13(12)21/h3-6,9H,7-8,19H2,1-2H3. The molecule has 2 aromatic heterocycles. The van der Waals surface area contributed by atoms with E-state index in [0.29, 0.717) is 17.1 Å². The van der Waals surface area contributed by atoms with Gasteiger partial charge in [0, 0.05) is 23.3 Å². The van der Waals surface area contributed by atoms with Gasteiger partial charge >= 0.3 is 0 Å². The Bertz CT molecular complexity index is 945. The van der Waals surface area contributed by atoms with Gasteiger partial charge in [0.2, 0.25) is 0 Å². The lowest BCUT2D eigenvalue weighted by atomic mass is 10.1. The first kappa shape index (κ1) is 14.2. The van der Waals surface area contributed by atoms with Crippen LogP contribution in [-0.2, 0) is 6.42 Å². The number of hydrogen-bond donors (Lipinski definition) is 1. The number of nitrogens with zero attached hydrogens (tertiary/aromatic N) is 2. The molecule has 1 aromatic carbocycles. The first-order valence-corrected chi connectivity index (χ1v) is 8.44. The number of hydrogen-bond acceptors (Lipinski definition) is 4. The number of benzene rings is 1. The Kier molecular flexibility index (Phi) is 3.13. The fourth-order valence-electron chi connectivity index (χ4n) is 3.30. The number of anilines is 2. The van der Waals surface area contributed by atoms with Gasteiger partial charge in [-0.15, -0.1) is 11.3 Å². The maximum Gasteiger partial charge on any atom is 0.270 e. The van der Waals surface area contributed by atoms with E-state index in [4.69, 9.17) is 5.73 Å². The molecule has 1 amide bonds. The number of fused-ring (bicyclic) bond motifs is 2. The Balaban J connectivity index is 1.83. The van der Waals surface area contributed by atoms with Crippen LogP contribution < -0.4 is 10.6 Å². The molecule has 0 unspecified atom stereocenters. The smallest absolute Gasteiger partial charge is 0.270 e. The van der Waals surface area contributed by atoms with Crippen LogP contribution in [0.5, 0.6) is 0 Å². The molecule has 0 aliphatic carbocycles. The van der Waals surface area contributed by atoms with E-state index in [-0.39, 0.29) is 5.91 Å². The fourth-order valence-corrected chi connectivity index (χ4v) is 4.47. The highest BCUT2D eigenvalue weighted by atomic mass is 32.1. The highest BCUT2D eigenvalue weighted by molar-refractivity contribution is 7.21. The summed E-state index contributed by atoms with van der Waals surface area (Å²) in [6.45, 7) is 4.68. The molecule has 3 aromatic rings. The van der Waals surface area contributed by atoms with Crippen molar-refractivity contribution in [1.82, 2.24) is 4.98 Å². The summed E-state index contributed by atoms with van der Waals surface area (Å²) >= 11 is 1.39. The molecule has 2 N–H and O–H groups in total. The summed E-state index contributed by atoms with van der Waals surface area (Å²) in [6.07, 6.45) is 0.892. The Hall–Kier alpha value is -2.40. The molecule has 116 valence electrons. The zero-order chi connectivity index (χ0) is 16.1. The van der Waals surface area contributed by atoms with E-state index in [9.17, 15) is 4.79 Å². The van der Waals surface area contributed by atoms with Gasteiger partial charge in [-0.05, 0) is 43.5 Å². The lowest BCUT2D eigenvalue weighted by Gasteiger charge is -2.16. The maximum absolute atomic E-state index is 13.0.